The van der Waals surface area contributed by atoms with E-state index in [1.54, 1.807) is 18.2 Å². The Bertz CT molecular complexity index is 2060. The van der Waals surface area contributed by atoms with Crippen LogP contribution >= 0.6 is 0 Å². The first-order valence-electron chi connectivity index (χ1n) is 20.2. The van der Waals surface area contributed by atoms with Crippen molar-refractivity contribution in [3.8, 4) is 11.9 Å². The molecular formula is C44H55FN6O5. The van der Waals surface area contributed by atoms with Gasteiger partial charge in [0.05, 0.1) is 60.2 Å². The molecule has 0 spiro atoms. The number of halogens is 1. The molecule has 2 aromatic heterocycles. The van der Waals surface area contributed by atoms with E-state index in [2.05, 4.69) is 49.4 Å². The number of amides is 1. The topological polar surface area (TPSA) is 124 Å². The summed E-state index contributed by atoms with van der Waals surface area (Å²) in [6.07, 6.45) is 5.27. The van der Waals surface area contributed by atoms with Gasteiger partial charge in [-0.1, -0.05) is 26.0 Å². The Morgan fingerprint density at radius 1 is 1.07 bits per heavy atom. The predicted octanol–water partition coefficient (Wildman–Crippen LogP) is 7.45. The van der Waals surface area contributed by atoms with Crippen LogP contribution in [0.15, 0.2) is 54.6 Å². The maximum absolute atomic E-state index is 14.5. The van der Waals surface area contributed by atoms with Gasteiger partial charge in [-0.3, -0.25) is 9.69 Å². The number of nitrogens with zero attached hydrogens (tertiary/aromatic N) is 5. The highest BCUT2D eigenvalue weighted by molar-refractivity contribution is 5.97. The molecule has 4 aliphatic heterocycles. The normalized spacial score (nSPS) is 22.2. The second-order valence-electron chi connectivity index (χ2n) is 16.5. The van der Waals surface area contributed by atoms with E-state index in [4.69, 9.17) is 34.2 Å². The lowest BCUT2D eigenvalue weighted by molar-refractivity contribution is -0.0623. The van der Waals surface area contributed by atoms with E-state index in [9.17, 15) is 9.18 Å². The summed E-state index contributed by atoms with van der Waals surface area (Å²) in [6, 6.07) is 18.1. The number of nitriles is 1. The fraction of sp³-hybridized carbons (Fsp3) is 0.545. The van der Waals surface area contributed by atoms with Crippen molar-refractivity contribution in [1.29, 1.82) is 5.26 Å². The standard InChI is InChI=1S/C44H55FN6O5/c1-6-43(3,4)56-18-16-44(5,7-2)49-42(52)30-13-14-38-39(22-30)51(25-34-15-17-53-34)40(47-38)26-50-24-35-21-32(20-33(50)28-54-35)37-9-8-10-41(48-37)55-27-31-12-11-29(23-46)19-36(31)45/h8-14,19,22,32-35H,6-7,15-18,20-21,24-28H2,1-5H3,(H,49,52)/t32?,33?,34-,35?,44?/m0/s1. The molecule has 2 bridgehead atoms. The molecule has 1 N–H and O–H groups in total. The third-order valence-corrected chi connectivity index (χ3v) is 12.1. The zero-order valence-corrected chi connectivity index (χ0v) is 33.4. The molecule has 11 nitrogen and oxygen atoms in total. The molecule has 4 unspecified atom stereocenters. The van der Waals surface area contributed by atoms with Crippen LogP contribution in [0.3, 0.4) is 0 Å². The van der Waals surface area contributed by atoms with Gasteiger partial charge in [-0.15, -0.1) is 0 Å². The minimum absolute atomic E-state index is 0.0190. The predicted molar refractivity (Wildman–Crippen MR) is 211 cm³/mol. The summed E-state index contributed by atoms with van der Waals surface area (Å²) in [5.41, 5.74) is 3.39. The zero-order valence-electron chi connectivity index (χ0n) is 33.4. The fourth-order valence-corrected chi connectivity index (χ4v) is 7.76. The molecule has 2 aromatic carbocycles. The van der Waals surface area contributed by atoms with Crippen LogP contribution in [-0.4, -0.2) is 81.1 Å². The van der Waals surface area contributed by atoms with E-state index in [0.29, 0.717) is 43.3 Å². The Balaban J connectivity index is 1.05. The minimum atomic E-state index is -0.472. The minimum Gasteiger partial charge on any atom is -0.473 e. The van der Waals surface area contributed by atoms with Crippen LogP contribution in [0.1, 0.15) is 112 Å². The maximum Gasteiger partial charge on any atom is 0.251 e. The fourth-order valence-electron chi connectivity index (χ4n) is 7.76. The van der Waals surface area contributed by atoms with Crippen molar-refractivity contribution in [2.45, 2.75) is 128 Å². The molecule has 6 heterocycles. The summed E-state index contributed by atoms with van der Waals surface area (Å²) in [7, 11) is 0. The molecule has 0 aliphatic carbocycles. The number of carbonyl (C=O) groups is 1. The smallest absolute Gasteiger partial charge is 0.251 e. The summed E-state index contributed by atoms with van der Waals surface area (Å²) >= 11 is 0. The van der Waals surface area contributed by atoms with E-state index >= 15 is 0 Å². The first-order valence-corrected chi connectivity index (χ1v) is 20.2. The van der Waals surface area contributed by atoms with Crippen molar-refractivity contribution >= 4 is 16.9 Å². The molecule has 0 radical (unpaired) electrons. The van der Waals surface area contributed by atoms with Crippen LogP contribution in [0.25, 0.3) is 11.0 Å². The number of hydrogen-bond donors (Lipinski definition) is 1. The third-order valence-electron chi connectivity index (χ3n) is 12.1. The molecule has 1 amide bonds. The van der Waals surface area contributed by atoms with Crippen molar-refractivity contribution < 1.29 is 28.1 Å². The molecule has 56 heavy (non-hydrogen) atoms. The summed E-state index contributed by atoms with van der Waals surface area (Å²) in [5, 5.41) is 12.4. The SMILES string of the molecule is CCC(C)(CCOC(C)(C)CC)NC(=O)c1ccc2nc(CN3CC4CC(c5cccc(OCc6ccc(C#N)cc6F)n5)CC3CO4)n(C[C@@H]3CCO3)c2c1. The van der Waals surface area contributed by atoms with E-state index in [0.717, 1.165) is 74.2 Å². The van der Waals surface area contributed by atoms with E-state index in [-0.39, 0.29) is 47.8 Å². The molecule has 5 atom stereocenters. The lowest BCUT2D eigenvalue weighted by Crippen LogP contribution is -2.47. The average Bonchev–Trinajstić information content (AvgIpc) is 3.27. The van der Waals surface area contributed by atoms with Crippen LogP contribution in [-0.2, 0) is 33.9 Å². The molecule has 298 valence electrons. The van der Waals surface area contributed by atoms with Gasteiger partial charge in [-0.2, -0.15) is 5.26 Å². The third kappa shape index (κ3) is 9.24. The molecule has 4 aromatic rings. The number of pyridine rings is 1. The Labute approximate surface area is 329 Å². The zero-order chi connectivity index (χ0) is 39.5. The Morgan fingerprint density at radius 2 is 1.91 bits per heavy atom. The van der Waals surface area contributed by atoms with Crippen molar-refractivity contribution in [3.63, 3.8) is 0 Å². The lowest BCUT2D eigenvalue weighted by atomic mass is 9.93. The van der Waals surface area contributed by atoms with Gasteiger partial charge in [0.25, 0.3) is 5.91 Å². The van der Waals surface area contributed by atoms with E-state index < -0.39 is 11.4 Å². The molecule has 4 saturated heterocycles. The first-order chi connectivity index (χ1) is 26.9. The van der Waals surface area contributed by atoms with Gasteiger partial charge in [-0.05, 0) is 95.7 Å². The summed E-state index contributed by atoms with van der Waals surface area (Å²) in [5.74, 6) is 0.979. The van der Waals surface area contributed by atoms with Gasteiger partial charge in [0.2, 0.25) is 5.88 Å². The average molecular weight is 767 g/mol. The Morgan fingerprint density at radius 3 is 2.64 bits per heavy atom. The van der Waals surface area contributed by atoms with Crippen LogP contribution in [0.5, 0.6) is 5.88 Å². The Kier molecular flexibility index (Phi) is 12.1. The van der Waals surface area contributed by atoms with Crippen LogP contribution in [0, 0.1) is 17.1 Å². The largest absolute Gasteiger partial charge is 0.473 e. The molecule has 4 aliphatic rings. The number of fused-ring (bicyclic) bond motifs is 5. The highest BCUT2D eigenvalue weighted by atomic mass is 19.1. The molecule has 12 heteroatoms. The number of ether oxygens (including phenoxy) is 4. The second-order valence-corrected chi connectivity index (χ2v) is 16.5. The maximum atomic E-state index is 14.5. The molecule has 8 rings (SSSR count). The Hall–Kier alpha value is -4.41. The number of carbonyl (C=O) groups excluding carboxylic acids is 1. The number of hydrogen-bond acceptors (Lipinski definition) is 9. The quantitative estimate of drug-likeness (QED) is 0.124. The van der Waals surface area contributed by atoms with E-state index in [1.807, 2.05) is 36.4 Å². The van der Waals surface area contributed by atoms with Crippen LogP contribution in [0.4, 0.5) is 4.39 Å². The highest BCUT2D eigenvalue weighted by Gasteiger charge is 2.38. The van der Waals surface area contributed by atoms with Gasteiger partial charge in [-0.25, -0.2) is 14.4 Å². The lowest BCUT2D eigenvalue weighted by Gasteiger charge is -2.36. The number of nitrogens with one attached hydrogen (secondary N) is 1. The van der Waals surface area contributed by atoms with Crippen molar-refractivity contribution in [2.75, 3.05) is 26.4 Å². The highest BCUT2D eigenvalue weighted by Crippen LogP contribution is 2.37. The summed E-state index contributed by atoms with van der Waals surface area (Å²) < 4.78 is 41.1. The van der Waals surface area contributed by atoms with Crippen molar-refractivity contribution in [3.05, 3.63) is 88.6 Å². The number of rotatable bonds is 16. The van der Waals surface area contributed by atoms with Crippen LogP contribution < -0.4 is 10.1 Å². The number of imidazole rings is 1. The molecule has 0 saturated carbocycles. The molecular weight excluding hydrogens is 712 g/mol. The van der Waals surface area contributed by atoms with Crippen molar-refractivity contribution in [2.24, 2.45) is 0 Å². The molecule has 4 fully saturated rings. The summed E-state index contributed by atoms with van der Waals surface area (Å²) in [4.78, 5) is 26.3. The first kappa shape index (κ1) is 39.8. The van der Waals surface area contributed by atoms with Gasteiger partial charge >= 0.3 is 0 Å². The van der Waals surface area contributed by atoms with Gasteiger partial charge < -0.3 is 28.8 Å². The summed E-state index contributed by atoms with van der Waals surface area (Å²) in [6.45, 7) is 14.6. The number of benzene rings is 2. The van der Waals surface area contributed by atoms with Crippen LogP contribution in [0.2, 0.25) is 0 Å². The number of morpholine rings is 1. The monoisotopic (exact) mass is 766 g/mol. The van der Waals surface area contributed by atoms with Gasteiger partial charge in [0, 0.05) is 60.1 Å². The van der Waals surface area contributed by atoms with Gasteiger partial charge in [0.15, 0.2) is 0 Å². The van der Waals surface area contributed by atoms with Crippen molar-refractivity contribution in [1.82, 2.24) is 24.8 Å². The van der Waals surface area contributed by atoms with Gasteiger partial charge in [0.1, 0.15) is 18.2 Å². The number of aromatic nitrogens is 3. The second kappa shape index (κ2) is 17.0. The van der Waals surface area contributed by atoms with E-state index in [1.165, 1.54) is 6.07 Å².